The van der Waals surface area contributed by atoms with E-state index < -0.39 is 0 Å². The van der Waals surface area contributed by atoms with Crippen LogP contribution in [0.1, 0.15) is 38.5 Å². The molecule has 2 fully saturated rings. The molecule has 2 aliphatic rings. The lowest BCUT2D eigenvalue weighted by Gasteiger charge is -2.21. The summed E-state index contributed by atoms with van der Waals surface area (Å²) in [7, 11) is 1.77. The fourth-order valence-electron chi connectivity index (χ4n) is 2.54. The Morgan fingerprint density at radius 3 is 2.73 bits per heavy atom. The first-order chi connectivity index (χ1) is 7.26. The Kier molecular flexibility index (Phi) is 3.65. The second kappa shape index (κ2) is 4.81. The molecule has 2 saturated carbocycles. The Morgan fingerprint density at radius 2 is 2.20 bits per heavy atom. The van der Waals surface area contributed by atoms with Gasteiger partial charge in [-0.05, 0) is 43.9 Å². The van der Waals surface area contributed by atoms with Crippen molar-refractivity contribution in [3.05, 3.63) is 0 Å². The summed E-state index contributed by atoms with van der Waals surface area (Å²) in [6.45, 7) is 1.94. The van der Waals surface area contributed by atoms with Gasteiger partial charge in [-0.3, -0.25) is 0 Å². The molecule has 0 aromatic carbocycles. The van der Waals surface area contributed by atoms with Gasteiger partial charge in [-0.2, -0.15) is 0 Å². The highest BCUT2D eigenvalue weighted by Crippen LogP contribution is 2.48. The van der Waals surface area contributed by atoms with Gasteiger partial charge in [-0.25, -0.2) is 0 Å². The van der Waals surface area contributed by atoms with Crippen LogP contribution in [0.2, 0.25) is 0 Å². The van der Waals surface area contributed by atoms with E-state index in [1.54, 1.807) is 7.11 Å². The summed E-state index contributed by atoms with van der Waals surface area (Å²) in [5.41, 5.74) is 0.498. The van der Waals surface area contributed by atoms with Crippen LogP contribution in [0.5, 0.6) is 0 Å². The zero-order valence-corrected chi connectivity index (χ0v) is 9.67. The average Bonchev–Trinajstić information content (AvgIpc) is 2.90. The molecule has 2 rings (SSSR count). The molecule has 0 aromatic heterocycles. The summed E-state index contributed by atoms with van der Waals surface area (Å²) in [6.07, 6.45) is 6.99. The second-order valence-corrected chi connectivity index (χ2v) is 5.23. The van der Waals surface area contributed by atoms with Gasteiger partial charge in [0.1, 0.15) is 0 Å². The lowest BCUT2D eigenvalue weighted by atomic mass is 10.0. The lowest BCUT2D eigenvalue weighted by molar-refractivity contribution is 0.139. The fourth-order valence-corrected chi connectivity index (χ4v) is 2.54. The van der Waals surface area contributed by atoms with Gasteiger partial charge in [0.2, 0.25) is 0 Å². The van der Waals surface area contributed by atoms with Crippen molar-refractivity contribution >= 4 is 0 Å². The largest absolute Gasteiger partial charge is 0.392 e. The quantitative estimate of drug-likeness (QED) is 0.699. The molecule has 0 heterocycles. The van der Waals surface area contributed by atoms with Crippen LogP contribution in [0, 0.1) is 5.41 Å². The molecule has 3 nitrogen and oxygen atoms in total. The minimum absolute atomic E-state index is 0.108. The molecule has 0 saturated heterocycles. The first kappa shape index (κ1) is 11.4. The van der Waals surface area contributed by atoms with Crippen LogP contribution in [-0.2, 0) is 4.74 Å². The summed E-state index contributed by atoms with van der Waals surface area (Å²) < 4.78 is 5.13. The maximum atomic E-state index is 9.70. The van der Waals surface area contributed by atoms with Gasteiger partial charge in [0.15, 0.2) is 0 Å². The zero-order chi connectivity index (χ0) is 10.7. The Hall–Kier alpha value is -0.120. The predicted octanol–water partition coefficient (Wildman–Crippen LogP) is 1.31. The monoisotopic (exact) mass is 213 g/mol. The number of rotatable bonds is 6. The molecule has 2 aliphatic carbocycles. The van der Waals surface area contributed by atoms with Gasteiger partial charge in [0, 0.05) is 26.3 Å². The Morgan fingerprint density at radius 1 is 1.40 bits per heavy atom. The third-order valence-corrected chi connectivity index (χ3v) is 4.01. The fraction of sp³-hybridized carbons (Fsp3) is 1.00. The van der Waals surface area contributed by atoms with Crippen molar-refractivity contribution < 1.29 is 9.84 Å². The summed E-state index contributed by atoms with van der Waals surface area (Å²) >= 11 is 0. The van der Waals surface area contributed by atoms with Crippen LogP contribution in [0.4, 0.5) is 0 Å². The van der Waals surface area contributed by atoms with Crippen LogP contribution in [-0.4, -0.2) is 37.5 Å². The normalized spacial score (nSPS) is 33.2. The summed E-state index contributed by atoms with van der Waals surface area (Å²) in [4.78, 5) is 0. The van der Waals surface area contributed by atoms with Crippen molar-refractivity contribution in [1.29, 1.82) is 0 Å². The average molecular weight is 213 g/mol. The van der Waals surface area contributed by atoms with Crippen molar-refractivity contribution in [2.75, 3.05) is 20.3 Å². The number of aliphatic hydroxyl groups is 1. The number of aliphatic hydroxyl groups excluding tert-OH is 1. The van der Waals surface area contributed by atoms with E-state index in [9.17, 15) is 5.11 Å². The number of hydrogen-bond acceptors (Lipinski definition) is 3. The highest BCUT2D eigenvalue weighted by Gasteiger charge is 2.42. The molecule has 0 radical (unpaired) electrons. The van der Waals surface area contributed by atoms with Gasteiger partial charge in [0.25, 0.3) is 0 Å². The van der Waals surface area contributed by atoms with E-state index in [-0.39, 0.29) is 6.10 Å². The third-order valence-electron chi connectivity index (χ3n) is 4.01. The maximum Gasteiger partial charge on any atom is 0.0693 e. The van der Waals surface area contributed by atoms with Crippen LogP contribution in [0.15, 0.2) is 0 Å². The minimum atomic E-state index is -0.108. The van der Waals surface area contributed by atoms with Crippen LogP contribution < -0.4 is 5.32 Å². The Balaban J connectivity index is 1.68. The van der Waals surface area contributed by atoms with E-state index in [2.05, 4.69) is 5.32 Å². The minimum Gasteiger partial charge on any atom is -0.392 e. The van der Waals surface area contributed by atoms with Crippen molar-refractivity contribution in [1.82, 2.24) is 5.32 Å². The Bertz CT molecular complexity index is 204. The van der Waals surface area contributed by atoms with Crippen molar-refractivity contribution in [3.8, 4) is 0 Å². The van der Waals surface area contributed by atoms with Crippen molar-refractivity contribution in [2.45, 2.75) is 50.7 Å². The topological polar surface area (TPSA) is 41.5 Å². The zero-order valence-electron chi connectivity index (χ0n) is 9.67. The molecule has 88 valence electrons. The number of methoxy groups -OCH3 is 1. The number of ether oxygens (including phenoxy) is 1. The summed E-state index contributed by atoms with van der Waals surface area (Å²) in [5, 5.41) is 13.2. The molecular weight excluding hydrogens is 190 g/mol. The van der Waals surface area contributed by atoms with Crippen molar-refractivity contribution in [3.63, 3.8) is 0 Å². The predicted molar refractivity (Wildman–Crippen MR) is 59.8 cm³/mol. The van der Waals surface area contributed by atoms with E-state index in [1.807, 2.05) is 0 Å². The summed E-state index contributed by atoms with van der Waals surface area (Å²) in [6, 6.07) is 0.352. The van der Waals surface area contributed by atoms with Crippen LogP contribution in [0.25, 0.3) is 0 Å². The van der Waals surface area contributed by atoms with Crippen LogP contribution >= 0.6 is 0 Å². The second-order valence-electron chi connectivity index (χ2n) is 5.23. The van der Waals surface area contributed by atoms with Gasteiger partial charge in [-0.1, -0.05) is 0 Å². The molecule has 0 spiro atoms. The van der Waals surface area contributed by atoms with E-state index in [1.165, 1.54) is 25.7 Å². The third kappa shape index (κ3) is 2.92. The van der Waals surface area contributed by atoms with Crippen LogP contribution in [0.3, 0.4) is 0 Å². The standard InChI is InChI=1S/C12H23NO2/c1-15-8-7-12(5-6-12)9-13-10-3-2-4-11(10)14/h10-11,13-14H,2-9H2,1H3/t10-,11-/m1/s1. The van der Waals surface area contributed by atoms with E-state index in [4.69, 9.17) is 4.74 Å². The molecule has 3 heteroatoms. The Labute approximate surface area is 92.2 Å². The lowest BCUT2D eigenvalue weighted by Crippen LogP contribution is -2.39. The number of nitrogens with one attached hydrogen (secondary N) is 1. The van der Waals surface area contributed by atoms with Crippen molar-refractivity contribution in [2.24, 2.45) is 5.41 Å². The maximum absolute atomic E-state index is 9.70. The highest BCUT2D eigenvalue weighted by molar-refractivity contribution is 4.96. The smallest absolute Gasteiger partial charge is 0.0693 e. The van der Waals surface area contributed by atoms with E-state index >= 15 is 0 Å². The molecule has 0 aliphatic heterocycles. The number of hydrogen-bond donors (Lipinski definition) is 2. The van der Waals surface area contributed by atoms with Gasteiger partial charge >= 0.3 is 0 Å². The first-order valence-corrected chi connectivity index (χ1v) is 6.16. The van der Waals surface area contributed by atoms with Gasteiger partial charge in [-0.15, -0.1) is 0 Å². The molecule has 0 bridgehead atoms. The highest BCUT2D eigenvalue weighted by atomic mass is 16.5. The summed E-state index contributed by atoms with van der Waals surface area (Å²) in [5.74, 6) is 0. The molecule has 15 heavy (non-hydrogen) atoms. The molecule has 0 aromatic rings. The van der Waals surface area contributed by atoms with E-state index in [0.717, 1.165) is 26.0 Å². The molecule has 0 unspecified atom stereocenters. The molecule has 2 atom stereocenters. The van der Waals surface area contributed by atoms with Gasteiger partial charge in [0.05, 0.1) is 6.10 Å². The van der Waals surface area contributed by atoms with Gasteiger partial charge < -0.3 is 15.2 Å². The molecular formula is C12H23NO2. The first-order valence-electron chi connectivity index (χ1n) is 6.16. The molecule has 2 N–H and O–H groups in total. The SMILES string of the molecule is COCCC1(CN[C@@H]2CCC[C@H]2O)CC1. The molecule has 0 amide bonds. The van der Waals surface area contributed by atoms with E-state index in [0.29, 0.717) is 11.5 Å².